The van der Waals surface area contributed by atoms with Gasteiger partial charge in [0.1, 0.15) is 0 Å². The summed E-state index contributed by atoms with van der Waals surface area (Å²) in [5, 5.41) is 3.08. The predicted octanol–water partition coefficient (Wildman–Crippen LogP) is 3.74. The van der Waals surface area contributed by atoms with Crippen LogP contribution in [0.25, 0.3) is 0 Å². The predicted molar refractivity (Wildman–Crippen MR) is 101 cm³/mol. The molecule has 2 aliphatic heterocycles. The van der Waals surface area contributed by atoms with Crippen LogP contribution in [0, 0.1) is 5.92 Å². The molecule has 2 heterocycles. The Morgan fingerprint density at radius 3 is 2.46 bits per heavy atom. The molecule has 0 aromatic heterocycles. The maximum Gasteiger partial charge on any atom is 0.241 e. The first kappa shape index (κ1) is 17.3. The summed E-state index contributed by atoms with van der Waals surface area (Å²) in [6.45, 7) is 8.66. The summed E-state index contributed by atoms with van der Waals surface area (Å²) in [5.41, 5.74) is 2.17. The molecule has 0 unspecified atom stereocenters. The van der Waals surface area contributed by atoms with Gasteiger partial charge in [-0.3, -0.25) is 9.69 Å². The quantitative estimate of drug-likeness (QED) is 0.914. The van der Waals surface area contributed by atoms with E-state index in [-0.39, 0.29) is 11.9 Å². The van der Waals surface area contributed by atoms with Gasteiger partial charge in [0.2, 0.25) is 5.91 Å². The largest absolute Gasteiger partial charge is 0.372 e. The Kier molecular flexibility index (Phi) is 5.77. The van der Waals surface area contributed by atoms with Gasteiger partial charge in [0.15, 0.2) is 0 Å². The number of rotatable bonds is 4. The van der Waals surface area contributed by atoms with Crippen LogP contribution in [0.4, 0.5) is 11.4 Å². The number of carbonyl (C=O) groups is 1. The van der Waals surface area contributed by atoms with Crippen LogP contribution >= 0.6 is 0 Å². The molecular weight excluding hydrogens is 298 g/mol. The van der Waals surface area contributed by atoms with E-state index in [1.807, 2.05) is 19.1 Å². The van der Waals surface area contributed by atoms with Gasteiger partial charge in [0.05, 0.1) is 6.04 Å². The number of hydrogen-bond donors (Lipinski definition) is 1. The lowest BCUT2D eigenvalue weighted by Gasteiger charge is -2.34. The van der Waals surface area contributed by atoms with Crippen LogP contribution in [0.5, 0.6) is 0 Å². The minimum Gasteiger partial charge on any atom is -0.372 e. The van der Waals surface area contributed by atoms with E-state index in [0.717, 1.165) is 31.9 Å². The molecule has 2 fully saturated rings. The summed E-state index contributed by atoms with van der Waals surface area (Å²) in [4.78, 5) is 17.3. The number of nitrogens with one attached hydrogen (secondary N) is 1. The van der Waals surface area contributed by atoms with Gasteiger partial charge in [-0.15, -0.1) is 0 Å². The second-order valence-corrected chi connectivity index (χ2v) is 7.50. The number of nitrogens with zero attached hydrogens (tertiary/aromatic N) is 2. The van der Waals surface area contributed by atoms with Gasteiger partial charge in [-0.2, -0.15) is 0 Å². The van der Waals surface area contributed by atoms with E-state index in [2.05, 4.69) is 34.2 Å². The van der Waals surface area contributed by atoms with E-state index in [4.69, 9.17) is 0 Å². The molecule has 0 bridgehead atoms. The molecule has 0 spiro atoms. The van der Waals surface area contributed by atoms with Crippen molar-refractivity contribution in [3.05, 3.63) is 24.3 Å². The average molecular weight is 329 g/mol. The van der Waals surface area contributed by atoms with Crippen molar-refractivity contribution in [2.45, 2.75) is 52.0 Å². The molecule has 3 rings (SSSR count). The SMILES string of the molecule is C[C@@H]1CCCN([C@H](C)C(=O)Nc2ccc(N3CCCCC3)cc2)C1. The first-order chi connectivity index (χ1) is 11.6. The maximum atomic E-state index is 12.5. The fraction of sp³-hybridized carbons (Fsp3) is 0.650. The molecule has 1 amide bonds. The van der Waals surface area contributed by atoms with Gasteiger partial charge in [-0.05, 0) is 75.8 Å². The Hall–Kier alpha value is -1.55. The normalized spacial score (nSPS) is 23.8. The Labute approximate surface area is 146 Å². The summed E-state index contributed by atoms with van der Waals surface area (Å²) in [6, 6.07) is 8.28. The zero-order valence-corrected chi connectivity index (χ0v) is 15.1. The molecule has 0 radical (unpaired) electrons. The molecule has 2 atom stereocenters. The van der Waals surface area contributed by atoms with Crippen LogP contribution < -0.4 is 10.2 Å². The highest BCUT2D eigenvalue weighted by atomic mass is 16.2. The van der Waals surface area contributed by atoms with Crippen molar-refractivity contribution in [1.82, 2.24) is 4.90 Å². The van der Waals surface area contributed by atoms with Gasteiger partial charge in [-0.25, -0.2) is 0 Å². The van der Waals surface area contributed by atoms with Gasteiger partial charge >= 0.3 is 0 Å². The summed E-state index contributed by atoms with van der Waals surface area (Å²) in [5.74, 6) is 0.799. The molecule has 1 aromatic rings. The molecule has 24 heavy (non-hydrogen) atoms. The van der Waals surface area contributed by atoms with Gasteiger partial charge < -0.3 is 10.2 Å². The number of hydrogen-bond acceptors (Lipinski definition) is 3. The summed E-state index contributed by atoms with van der Waals surface area (Å²) in [6.07, 6.45) is 6.39. The van der Waals surface area contributed by atoms with Crippen molar-refractivity contribution in [2.75, 3.05) is 36.4 Å². The van der Waals surface area contributed by atoms with Crippen LogP contribution in [-0.4, -0.2) is 43.0 Å². The molecule has 1 aromatic carbocycles. The third-order valence-corrected chi connectivity index (χ3v) is 5.47. The molecule has 1 N–H and O–H groups in total. The first-order valence-electron chi connectivity index (χ1n) is 9.53. The van der Waals surface area contributed by atoms with E-state index in [9.17, 15) is 4.79 Å². The van der Waals surface area contributed by atoms with Crippen molar-refractivity contribution in [1.29, 1.82) is 0 Å². The molecule has 0 aliphatic carbocycles. The van der Waals surface area contributed by atoms with E-state index >= 15 is 0 Å². The fourth-order valence-corrected chi connectivity index (χ4v) is 3.90. The molecule has 2 saturated heterocycles. The highest BCUT2D eigenvalue weighted by molar-refractivity contribution is 5.94. The zero-order chi connectivity index (χ0) is 16.9. The van der Waals surface area contributed by atoms with E-state index in [0.29, 0.717) is 5.92 Å². The Morgan fingerprint density at radius 2 is 1.79 bits per heavy atom. The summed E-state index contributed by atoms with van der Waals surface area (Å²) >= 11 is 0. The maximum absolute atomic E-state index is 12.5. The molecule has 0 saturated carbocycles. The summed E-state index contributed by atoms with van der Waals surface area (Å²) in [7, 11) is 0. The Bertz CT molecular complexity index is 536. The number of carbonyl (C=O) groups excluding carboxylic acids is 1. The van der Waals surface area contributed by atoms with Crippen LogP contribution in [-0.2, 0) is 4.79 Å². The van der Waals surface area contributed by atoms with Gasteiger partial charge in [-0.1, -0.05) is 6.92 Å². The standard InChI is InChI=1S/C20H31N3O/c1-16-7-6-14-23(15-16)17(2)20(24)21-18-8-10-19(11-9-18)22-12-4-3-5-13-22/h8-11,16-17H,3-7,12-15H2,1-2H3,(H,21,24)/t16-,17-/m1/s1. The van der Waals surface area contributed by atoms with Gasteiger partial charge in [0.25, 0.3) is 0 Å². The monoisotopic (exact) mass is 329 g/mol. The number of piperidine rings is 2. The number of benzene rings is 1. The van der Waals surface area contributed by atoms with Crippen molar-refractivity contribution >= 4 is 17.3 Å². The van der Waals surface area contributed by atoms with Crippen molar-refractivity contribution in [3.63, 3.8) is 0 Å². The van der Waals surface area contributed by atoms with Gasteiger partial charge in [0, 0.05) is 31.0 Å². The average Bonchev–Trinajstić information content (AvgIpc) is 2.62. The molecule has 2 aliphatic rings. The Balaban J connectivity index is 1.55. The molecule has 4 nitrogen and oxygen atoms in total. The first-order valence-corrected chi connectivity index (χ1v) is 9.53. The van der Waals surface area contributed by atoms with Crippen LogP contribution in [0.1, 0.15) is 46.0 Å². The molecule has 4 heteroatoms. The second kappa shape index (κ2) is 8.02. The molecule has 132 valence electrons. The van der Waals surface area contributed by atoms with E-state index in [1.54, 1.807) is 0 Å². The lowest BCUT2D eigenvalue weighted by molar-refractivity contribution is -0.121. The van der Waals surface area contributed by atoms with Crippen LogP contribution in [0.2, 0.25) is 0 Å². The number of likely N-dealkylation sites (tertiary alicyclic amines) is 1. The van der Waals surface area contributed by atoms with Crippen molar-refractivity contribution in [3.8, 4) is 0 Å². The minimum atomic E-state index is -0.0606. The van der Waals surface area contributed by atoms with E-state index in [1.165, 1.54) is 37.8 Å². The highest BCUT2D eigenvalue weighted by Crippen LogP contribution is 2.22. The third kappa shape index (κ3) is 4.29. The highest BCUT2D eigenvalue weighted by Gasteiger charge is 2.25. The van der Waals surface area contributed by atoms with Crippen LogP contribution in [0.15, 0.2) is 24.3 Å². The number of amides is 1. The topological polar surface area (TPSA) is 35.6 Å². The summed E-state index contributed by atoms with van der Waals surface area (Å²) < 4.78 is 0. The van der Waals surface area contributed by atoms with Crippen molar-refractivity contribution < 1.29 is 4.79 Å². The van der Waals surface area contributed by atoms with E-state index < -0.39 is 0 Å². The smallest absolute Gasteiger partial charge is 0.241 e. The molecular formula is C20H31N3O. The third-order valence-electron chi connectivity index (χ3n) is 5.47. The minimum absolute atomic E-state index is 0.0606. The van der Waals surface area contributed by atoms with Crippen molar-refractivity contribution in [2.24, 2.45) is 5.92 Å². The number of anilines is 2. The fourth-order valence-electron chi connectivity index (χ4n) is 3.90. The zero-order valence-electron chi connectivity index (χ0n) is 15.1. The van der Waals surface area contributed by atoms with Crippen LogP contribution in [0.3, 0.4) is 0 Å². The lowest BCUT2D eigenvalue weighted by Crippen LogP contribution is -2.46. The lowest BCUT2D eigenvalue weighted by atomic mass is 9.99. The second-order valence-electron chi connectivity index (χ2n) is 7.50. The Morgan fingerprint density at radius 1 is 1.08 bits per heavy atom.